The van der Waals surface area contributed by atoms with Gasteiger partial charge in [0.15, 0.2) is 0 Å². The van der Waals surface area contributed by atoms with Crippen LogP contribution in [0.3, 0.4) is 0 Å². The Morgan fingerprint density at radius 2 is 2.08 bits per heavy atom. The van der Waals surface area contributed by atoms with Crippen molar-refractivity contribution in [1.82, 2.24) is 14.5 Å². The molecule has 5 heteroatoms. The number of rotatable bonds is 7. The van der Waals surface area contributed by atoms with E-state index >= 15 is 0 Å². The molecule has 5 nitrogen and oxygen atoms in total. The third-order valence-electron chi connectivity index (χ3n) is 4.20. The molecule has 2 aromatic heterocycles. The van der Waals surface area contributed by atoms with Crippen LogP contribution in [0.4, 0.5) is 0 Å². The van der Waals surface area contributed by atoms with Gasteiger partial charge in [-0.2, -0.15) is 0 Å². The number of aryl methyl sites for hydroxylation is 2. The first-order valence-electron chi connectivity index (χ1n) is 8.54. The van der Waals surface area contributed by atoms with E-state index in [1.807, 2.05) is 19.2 Å². The Hall–Kier alpha value is -2.43. The molecule has 0 atom stereocenters. The number of fused-ring (bicyclic) bond motifs is 3. The maximum atomic E-state index is 4.84. The lowest BCUT2D eigenvalue weighted by Gasteiger charge is -2.10. The summed E-state index contributed by atoms with van der Waals surface area (Å²) in [5.41, 5.74) is 4.22. The smallest absolute Gasteiger partial charge is 0.109 e. The number of oxime groups is 1. The average Bonchev–Trinajstić information content (AvgIpc) is 2.93. The number of nitrogens with zero attached hydrogens (tertiary/aromatic N) is 4. The number of pyridine rings is 1. The fourth-order valence-corrected chi connectivity index (χ4v) is 3.16. The first kappa shape index (κ1) is 16.4. The summed E-state index contributed by atoms with van der Waals surface area (Å²) in [6.07, 6.45) is 5.89. The fourth-order valence-electron chi connectivity index (χ4n) is 3.16. The maximum absolute atomic E-state index is 4.84. The Labute approximate surface area is 142 Å². The molecule has 3 rings (SSSR count). The molecular formula is C19H24N4O. The van der Waals surface area contributed by atoms with Gasteiger partial charge in [-0.15, -0.1) is 0 Å². The van der Waals surface area contributed by atoms with E-state index in [4.69, 9.17) is 9.82 Å². The van der Waals surface area contributed by atoms with Crippen LogP contribution < -0.4 is 0 Å². The van der Waals surface area contributed by atoms with Crippen molar-refractivity contribution in [3.63, 3.8) is 0 Å². The molecule has 0 unspecified atom stereocenters. The zero-order valence-electron chi connectivity index (χ0n) is 14.6. The standard InChI is InChI=1S/C19H24N4O/c1-4-8-18-21-17-13-20-16-11-6-5-10-15(16)19(17)23(18)12-7-9-14(2)22-24-3/h5-6,10-11,13H,4,7-9,12H2,1-3H3/b22-14+. The minimum atomic E-state index is 0.919. The monoisotopic (exact) mass is 324 g/mol. The van der Waals surface area contributed by atoms with Crippen molar-refractivity contribution in [3.05, 3.63) is 36.3 Å². The molecule has 0 spiro atoms. The number of hydrogen-bond acceptors (Lipinski definition) is 4. The van der Waals surface area contributed by atoms with Crippen LogP contribution in [-0.2, 0) is 17.8 Å². The Bertz CT molecular complexity index is 866. The van der Waals surface area contributed by atoms with Gasteiger partial charge in [0.05, 0.1) is 22.9 Å². The highest BCUT2D eigenvalue weighted by atomic mass is 16.6. The summed E-state index contributed by atoms with van der Waals surface area (Å²) < 4.78 is 2.36. The second-order valence-electron chi connectivity index (χ2n) is 6.05. The molecule has 3 aromatic rings. The van der Waals surface area contributed by atoms with E-state index in [1.54, 1.807) is 7.11 Å². The van der Waals surface area contributed by atoms with Crippen molar-refractivity contribution >= 4 is 27.6 Å². The number of aromatic nitrogens is 3. The van der Waals surface area contributed by atoms with Crippen LogP contribution in [0.1, 0.15) is 38.9 Å². The number of benzene rings is 1. The van der Waals surface area contributed by atoms with Crippen LogP contribution in [0, 0.1) is 0 Å². The first-order chi connectivity index (χ1) is 11.7. The Morgan fingerprint density at radius 3 is 2.88 bits per heavy atom. The highest BCUT2D eigenvalue weighted by molar-refractivity contribution is 6.02. The van der Waals surface area contributed by atoms with Crippen LogP contribution in [0.15, 0.2) is 35.6 Å². The molecule has 1 aromatic carbocycles. The van der Waals surface area contributed by atoms with Crippen molar-refractivity contribution in [2.75, 3.05) is 7.11 Å². The molecule has 24 heavy (non-hydrogen) atoms. The Kier molecular flexibility index (Phi) is 5.08. The number of hydrogen-bond donors (Lipinski definition) is 0. The van der Waals surface area contributed by atoms with E-state index in [0.29, 0.717) is 0 Å². The zero-order valence-corrected chi connectivity index (χ0v) is 14.6. The number of imidazole rings is 1. The SMILES string of the molecule is CCCc1nc2cnc3ccccc3c2n1CCC/C(C)=N/OC. The topological polar surface area (TPSA) is 52.3 Å². The van der Waals surface area contributed by atoms with Gasteiger partial charge in [0, 0.05) is 18.4 Å². The normalized spacial score (nSPS) is 12.2. The summed E-state index contributed by atoms with van der Waals surface area (Å²) in [6.45, 7) is 5.12. The van der Waals surface area contributed by atoms with Crippen molar-refractivity contribution in [3.8, 4) is 0 Å². The van der Waals surface area contributed by atoms with Crippen molar-refractivity contribution < 1.29 is 4.84 Å². The molecule has 0 radical (unpaired) electrons. The summed E-state index contributed by atoms with van der Waals surface area (Å²) in [6, 6.07) is 8.28. The summed E-state index contributed by atoms with van der Waals surface area (Å²) in [5, 5.41) is 5.17. The van der Waals surface area contributed by atoms with Crippen LogP contribution in [0.5, 0.6) is 0 Å². The molecule has 0 N–H and O–H groups in total. The van der Waals surface area contributed by atoms with E-state index in [0.717, 1.165) is 54.8 Å². The van der Waals surface area contributed by atoms with Crippen LogP contribution >= 0.6 is 0 Å². The van der Waals surface area contributed by atoms with Crippen molar-refractivity contribution in [2.24, 2.45) is 5.16 Å². The van der Waals surface area contributed by atoms with Gasteiger partial charge in [-0.1, -0.05) is 30.3 Å². The van der Waals surface area contributed by atoms with E-state index in [-0.39, 0.29) is 0 Å². The molecule has 0 aliphatic carbocycles. The fraction of sp³-hybridized carbons (Fsp3) is 0.421. The minimum absolute atomic E-state index is 0.919. The molecule has 0 saturated heterocycles. The van der Waals surface area contributed by atoms with Crippen molar-refractivity contribution in [1.29, 1.82) is 0 Å². The largest absolute Gasteiger partial charge is 0.399 e. The second kappa shape index (κ2) is 7.43. The molecular weight excluding hydrogens is 300 g/mol. The molecule has 126 valence electrons. The van der Waals surface area contributed by atoms with Gasteiger partial charge in [-0.05, 0) is 32.3 Å². The van der Waals surface area contributed by atoms with Gasteiger partial charge >= 0.3 is 0 Å². The van der Waals surface area contributed by atoms with E-state index in [2.05, 4.69) is 39.8 Å². The molecule has 0 fully saturated rings. The predicted octanol–water partition coefficient (Wildman–Crippen LogP) is 4.34. The average molecular weight is 324 g/mol. The summed E-state index contributed by atoms with van der Waals surface area (Å²) in [7, 11) is 1.59. The molecule has 0 aliphatic rings. The Morgan fingerprint density at radius 1 is 1.25 bits per heavy atom. The summed E-state index contributed by atoms with van der Waals surface area (Å²) >= 11 is 0. The lowest BCUT2D eigenvalue weighted by Crippen LogP contribution is -2.06. The van der Waals surface area contributed by atoms with Crippen LogP contribution in [0.25, 0.3) is 21.9 Å². The Balaban J connectivity index is 2.01. The highest BCUT2D eigenvalue weighted by Crippen LogP contribution is 2.25. The number of para-hydroxylation sites is 1. The second-order valence-corrected chi connectivity index (χ2v) is 6.05. The van der Waals surface area contributed by atoms with Crippen molar-refractivity contribution in [2.45, 2.75) is 46.1 Å². The molecule has 0 bridgehead atoms. The van der Waals surface area contributed by atoms with Gasteiger partial charge in [0.1, 0.15) is 18.5 Å². The van der Waals surface area contributed by atoms with E-state index in [1.165, 1.54) is 10.9 Å². The van der Waals surface area contributed by atoms with Gasteiger partial charge in [-0.3, -0.25) is 4.98 Å². The van der Waals surface area contributed by atoms with Gasteiger partial charge < -0.3 is 9.40 Å². The third kappa shape index (κ3) is 3.25. The predicted molar refractivity (Wildman–Crippen MR) is 98.4 cm³/mol. The molecule has 2 heterocycles. The lowest BCUT2D eigenvalue weighted by atomic mass is 10.2. The maximum Gasteiger partial charge on any atom is 0.109 e. The van der Waals surface area contributed by atoms with Crippen LogP contribution in [0.2, 0.25) is 0 Å². The zero-order chi connectivity index (χ0) is 16.9. The first-order valence-corrected chi connectivity index (χ1v) is 8.54. The summed E-state index contributed by atoms with van der Waals surface area (Å²) in [5.74, 6) is 1.15. The molecule has 0 amide bonds. The van der Waals surface area contributed by atoms with Gasteiger partial charge in [0.25, 0.3) is 0 Å². The summed E-state index contributed by atoms with van der Waals surface area (Å²) in [4.78, 5) is 14.2. The van der Waals surface area contributed by atoms with Crippen LogP contribution in [-0.4, -0.2) is 27.4 Å². The van der Waals surface area contributed by atoms with Gasteiger partial charge in [-0.25, -0.2) is 4.98 Å². The van der Waals surface area contributed by atoms with E-state index < -0.39 is 0 Å². The minimum Gasteiger partial charge on any atom is -0.399 e. The molecule has 0 aliphatic heterocycles. The quantitative estimate of drug-likeness (QED) is 0.480. The van der Waals surface area contributed by atoms with Gasteiger partial charge in [0.2, 0.25) is 0 Å². The highest BCUT2D eigenvalue weighted by Gasteiger charge is 2.13. The van der Waals surface area contributed by atoms with E-state index in [9.17, 15) is 0 Å². The lowest BCUT2D eigenvalue weighted by molar-refractivity contribution is 0.212. The molecule has 0 saturated carbocycles. The third-order valence-corrected chi connectivity index (χ3v) is 4.20.